The Morgan fingerprint density at radius 2 is 1.65 bits per heavy atom. The maximum atomic E-state index is 13.3. The molecule has 1 aliphatic rings. The summed E-state index contributed by atoms with van der Waals surface area (Å²) < 4.78 is 64.3. The van der Waals surface area contributed by atoms with Gasteiger partial charge in [-0.2, -0.15) is 0 Å². The average molecular weight is 469 g/mol. The lowest BCUT2D eigenvalue weighted by molar-refractivity contribution is 0.209. The van der Waals surface area contributed by atoms with Crippen molar-refractivity contribution >= 4 is 19.7 Å². The molecule has 9 heteroatoms. The Morgan fingerprint density at radius 3 is 2.23 bits per heavy atom. The van der Waals surface area contributed by atoms with Crippen molar-refractivity contribution in [2.24, 2.45) is 0 Å². The van der Waals surface area contributed by atoms with Gasteiger partial charge in [0.05, 0.1) is 21.7 Å². The number of halogens is 1. The molecule has 6 nitrogen and oxygen atoms in total. The molecule has 0 radical (unpaired) electrons. The summed E-state index contributed by atoms with van der Waals surface area (Å²) in [5.41, 5.74) is 1.08. The van der Waals surface area contributed by atoms with Gasteiger partial charge in [-0.05, 0) is 42.9 Å². The highest BCUT2D eigenvalue weighted by atomic mass is 32.2. The highest BCUT2D eigenvalue weighted by Crippen LogP contribution is 2.27. The molecule has 1 aliphatic heterocycles. The first-order valence-electron chi connectivity index (χ1n) is 10.4. The molecular formula is C22H29FN2O4S2. The van der Waals surface area contributed by atoms with E-state index in [0.717, 1.165) is 30.8 Å². The molecule has 1 unspecified atom stereocenters. The first-order chi connectivity index (χ1) is 14.7. The standard InChI is InChI=1S/C22H29FN2O4S2/c1-3-25(4-2)21(17-8-6-5-7-9-17)14-24-20-15-30(26,27)16-22(20)31(28,29)19-12-10-18(23)11-13-19/h5-13,20-22,24H,3-4,14-16H2,1-2H3/t20-,21?,22-/m0/s1. The number of hydrogen-bond donors (Lipinski definition) is 1. The largest absolute Gasteiger partial charge is 0.310 e. The summed E-state index contributed by atoms with van der Waals surface area (Å²) in [7, 11) is -7.46. The molecule has 1 fully saturated rings. The lowest BCUT2D eigenvalue weighted by Gasteiger charge is -2.32. The van der Waals surface area contributed by atoms with Gasteiger partial charge in [0, 0.05) is 18.6 Å². The fraction of sp³-hybridized carbons (Fsp3) is 0.455. The minimum Gasteiger partial charge on any atom is -0.310 e. The molecule has 0 aromatic heterocycles. The van der Waals surface area contributed by atoms with Gasteiger partial charge >= 0.3 is 0 Å². The third kappa shape index (κ3) is 5.52. The van der Waals surface area contributed by atoms with Gasteiger partial charge in [0.25, 0.3) is 0 Å². The normalized spacial score (nSPS) is 21.9. The predicted octanol–water partition coefficient (Wildman–Crippen LogP) is 2.44. The van der Waals surface area contributed by atoms with Crippen LogP contribution in [-0.4, -0.2) is 64.2 Å². The summed E-state index contributed by atoms with van der Waals surface area (Å²) >= 11 is 0. The van der Waals surface area contributed by atoms with E-state index in [9.17, 15) is 21.2 Å². The zero-order valence-corrected chi connectivity index (χ0v) is 19.4. The van der Waals surface area contributed by atoms with Crippen molar-refractivity contribution in [2.75, 3.05) is 31.1 Å². The SMILES string of the molecule is CCN(CC)C(CN[C@H]1CS(=O)(=O)C[C@@H]1S(=O)(=O)c1ccc(F)cc1)c1ccccc1. The maximum absolute atomic E-state index is 13.3. The van der Waals surface area contributed by atoms with E-state index >= 15 is 0 Å². The molecule has 31 heavy (non-hydrogen) atoms. The van der Waals surface area contributed by atoms with Crippen LogP contribution in [0, 0.1) is 5.82 Å². The highest BCUT2D eigenvalue weighted by Gasteiger charge is 2.45. The number of benzene rings is 2. The third-order valence-corrected chi connectivity index (χ3v) is 10.0. The maximum Gasteiger partial charge on any atom is 0.183 e. The van der Waals surface area contributed by atoms with Crippen molar-refractivity contribution in [3.63, 3.8) is 0 Å². The topological polar surface area (TPSA) is 83.6 Å². The molecule has 0 bridgehead atoms. The first-order valence-corrected chi connectivity index (χ1v) is 13.8. The molecule has 1 N–H and O–H groups in total. The van der Waals surface area contributed by atoms with E-state index < -0.39 is 42.5 Å². The van der Waals surface area contributed by atoms with Crippen LogP contribution in [0.2, 0.25) is 0 Å². The minimum absolute atomic E-state index is 0.0197. The van der Waals surface area contributed by atoms with Gasteiger partial charge in [-0.3, -0.25) is 4.90 Å². The quantitative estimate of drug-likeness (QED) is 0.569. The van der Waals surface area contributed by atoms with Crippen LogP contribution in [0.15, 0.2) is 59.5 Å². The summed E-state index contributed by atoms with van der Waals surface area (Å²) in [4.78, 5) is 2.18. The summed E-state index contributed by atoms with van der Waals surface area (Å²) in [6.07, 6.45) is 0. The van der Waals surface area contributed by atoms with Gasteiger partial charge in [-0.25, -0.2) is 21.2 Å². The van der Waals surface area contributed by atoms with Crippen LogP contribution in [0.4, 0.5) is 4.39 Å². The monoisotopic (exact) mass is 468 g/mol. The third-order valence-electron chi connectivity index (χ3n) is 5.85. The van der Waals surface area contributed by atoms with Crippen molar-refractivity contribution in [3.8, 4) is 0 Å². The van der Waals surface area contributed by atoms with Crippen LogP contribution in [0.3, 0.4) is 0 Å². The zero-order valence-electron chi connectivity index (χ0n) is 17.7. The molecule has 2 aromatic rings. The molecule has 0 aliphatic carbocycles. The van der Waals surface area contributed by atoms with E-state index in [-0.39, 0.29) is 16.7 Å². The Balaban J connectivity index is 1.86. The molecule has 0 saturated carbocycles. The molecular weight excluding hydrogens is 439 g/mol. The number of hydrogen-bond acceptors (Lipinski definition) is 6. The Kier molecular flexibility index (Phi) is 7.51. The van der Waals surface area contributed by atoms with Crippen LogP contribution in [-0.2, 0) is 19.7 Å². The van der Waals surface area contributed by atoms with E-state index in [1.807, 2.05) is 30.3 Å². The lowest BCUT2D eigenvalue weighted by Crippen LogP contribution is -2.47. The van der Waals surface area contributed by atoms with E-state index in [1.54, 1.807) is 0 Å². The summed E-state index contributed by atoms with van der Waals surface area (Å²) in [6, 6.07) is 13.6. The van der Waals surface area contributed by atoms with Crippen molar-refractivity contribution in [3.05, 3.63) is 66.0 Å². The second-order valence-corrected chi connectivity index (χ2v) is 12.1. The predicted molar refractivity (Wildman–Crippen MR) is 120 cm³/mol. The average Bonchev–Trinajstić information content (AvgIpc) is 3.07. The van der Waals surface area contributed by atoms with Gasteiger partial charge in [0.2, 0.25) is 0 Å². The smallest absolute Gasteiger partial charge is 0.183 e. The lowest BCUT2D eigenvalue weighted by atomic mass is 10.0. The second kappa shape index (κ2) is 9.77. The van der Waals surface area contributed by atoms with Crippen molar-refractivity contribution in [1.29, 1.82) is 0 Å². The molecule has 3 atom stereocenters. The Labute approximate surface area is 184 Å². The van der Waals surface area contributed by atoms with Gasteiger partial charge in [-0.1, -0.05) is 44.2 Å². The second-order valence-electron chi connectivity index (χ2n) is 7.78. The van der Waals surface area contributed by atoms with Crippen molar-refractivity contribution in [2.45, 2.75) is 36.1 Å². The molecule has 0 amide bonds. The summed E-state index contributed by atoms with van der Waals surface area (Å²) in [5, 5.41) is 2.13. The molecule has 170 valence electrons. The molecule has 3 rings (SSSR count). The Morgan fingerprint density at radius 1 is 1.03 bits per heavy atom. The Bertz CT molecular complexity index is 1070. The van der Waals surface area contributed by atoms with E-state index in [2.05, 4.69) is 24.1 Å². The van der Waals surface area contributed by atoms with Crippen LogP contribution in [0.5, 0.6) is 0 Å². The van der Waals surface area contributed by atoms with E-state index in [1.165, 1.54) is 12.1 Å². The van der Waals surface area contributed by atoms with Crippen molar-refractivity contribution < 1.29 is 21.2 Å². The zero-order chi connectivity index (χ0) is 22.6. The van der Waals surface area contributed by atoms with Crippen LogP contribution < -0.4 is 5.32 Å². The fourth-order valence-corrected chi connectivity index (χ4v) is 8.89. The molecule has 2 aromatic carbocycles. The van der Waals surface area contributed by atoms with Gasteiger partial charge in [0.15, 0.2) is 19.7 Å². The number of likely N-dealkylation sites (N-methyl/N-ethyl adjacent to an activating group) is 1. The van der Waals surface area contributed by atoms with Crippen LogP contribution >= 0.6 is 0 Å². The summed E-state index contributed by atoms with van der Waals surface area (Å²) in [5.74, 6) is -1.22. The van der Waals surface area contributed by atoms with Gasteiger partial charge < -0.3 is 5.32 Å². The first kappa shape index (κ1) is 23.8. The number of sulfone groups is 2. The Hall–Kier alpha value is -1.81. The van der Waals surface area contributed by atoms with Crippen molar-refractivity contribution in [1.82, 2.24) is 10.2 Å². The fourth-order valence-electron chi connectivity index (χ4n) is 4.17. The van der Waals surface area contributed by atoms with Gasteiger partial charge in [0.1, 0.15) is 5.82 Å². The van der Waals surface area contributed by atoms with E-state index in [4.69, 9.17) is 0 Å². The van der Waals surface area contributed by atoms with Crippen LogP contribution in [0.1, 0.15) is 25.5 Å². The highest BCUT2D eigenvalue weighted by molar-refractivity contribution is 7.96. The van der Waals surface area contributed by atoms with Crippen LogP contribution in [0.25, 0.3) is 0 Å². The number of nitrogens with zero attached hydrogens (tertiary/aromatic N) is 1. The molecule has 0 spiro atoms. The minimum atomic E-state index is -3.94. The number of rotatable bonds is 9. The van der Waals surface area contributed by atoms with Gasteiger partial charge in [-0.15, -0.1) is 0 Å². The number of nitrogens with one attached hydrogen (secondary N) is 1. The van der Waals surface area contributed by atoms with E-state index in [0.29, 0.717) is 6.54 Å². The summed E-state index contributed by atoms with van der Waals surface area (Å²) in [6.45, 7) is 6.14. The molecule has 1 heterocycles. The molecule has 1 saturated heterocycles.